The van der Waals surface area contributed by atoms with Crippen LogP contribution in [0.25, 0.3) is 0 Å². The van der Waals surface area contributed by atoms with E-state index in [-0.39, 0.29) is 38.1 Å². The zero-order valence-corrected chi connectivity index (χ0v) is 12.2. The van der Waals surface area contributed by atoms with Crippen molar-refractivity contribution in [2.24, 2.45) is 10.8 Å². The Morgan fingerprint density at radius 3 is 1.69 bits per heavy atom. The van der Waals surface area contributed by atoms with Crippen LogP contribution in [0.3, 0.4) is 0 Å². The van der Waals surface area contributed by atoms with Gasteiger partial charge in [0.1, 0.15) is 0 Å². The Morgan fingerprint density at radius 2 is 1.62 bits per heavy atom. The van der Waals surface area contributed by atoms with Crippen molar-refractivity contribution in [2.45, 2.75) is 47.5 Å². The van der Waals surface area contributed by atoms with Gasteiger partial charge < -0.3 is 5.11 Å². The molecule has 0 aromatic heterocycles. The van der Waals surface area contributed by atoms with E-state index in [1.807, 2.05) is 13.8 Å². The monoisotopic (exact) mass is 261 g/mol. The molecule has 0 saturated heterocycles. The number of hydrogen-bond donors (Lipinski definition) is 1. The average molecular weight is 261 g/mol. The molecule has 75 valence electrons. The van der Waals surface area contributed by atoms with Crippen molar-refractivity contribution in [1.82, 2.24) is 0 Å². The van der Waals surface area contributed by atoms with E-state index in [0.29, 0.717) is 6.42 Å². The molecule has 1 unspecified atom stereocenters. The molecular formula is C10H20O2Y. The van der Waals surface area contributed by atoms with Gasteiger partial charge in [-0.3, -0.25) is 4.79 Å². The third-order valence-electron chi connectivity index (χ3n) is 2.22. The number of carboxylic acid groups (broad SMARTS) is 1. The molecule has 0 aromatic carbocycles. The Kier molecular flexibility index (Phi) is 6.72. The molecule has 0 amide bonds. The average Bonchev–Trinajstić information content (AvgIpc) is 1.83. The first-order valence-electron chi connectivity index (χ1n) is 4.45. The summed E-state index contributed by atoms with van der Waals surface area (Å²) in [4.78, 5) is 10.9. The quantitative estimate of drug-likeness (QED) is 0.848. The second kappa shape index (κ2) is 5.45. The van der Waals surface area contributed by atoms with Crippen LogP contribution in [0.5, 0.6) is 0 Å². The van der Waals surface area contributed by atoms with Crippen molar-refractivity contribution in [1.29, 1.82) is 0 Å². The second-order valence-corrected chi connectivity index (χ2v) is 4.96. The van der Waals surface area contributed by atoms with E-state index in [1.54, 1.807) is 0 Å². The largest absolute Gasteiger partial charge is 0.481 e. The molecule has 0 heterocycles. The van der Waals surface area contributed by atoms with Crippen molar-refractivity contribution < 1.29 is 42.6 Å². The summed E-state index contributed by atoms with van der Waals surface area (Å²) in [6.07, 6.45) is 1.42. The van der Waals surface area contributed by atoms with Gasteiger partial charge in [-0.1, -0.05) is 27.7 Å². The first-order valence-corrected chi connectivity index (χ1v) is 4.45. The van der Waals surface area contributed by atoms with E-state index >= 15 is 0 Å². The molecule has 0 saturated carbocycles. The van der Waals surface area contributed by atoms with Gasteiger partial charge in [0, 0.05) is 32.7 Å². The first kappa shape index (κ1) is 16.0. The van der Waals surface area contributed by atoms with Crippen molar-refractivity contribution in [3.8, 4) is 0 Å². The minimum Gasteiger partial charge on any atom is -0.481 e. The van der Waals surface area contributed by atoms with E-state index in [1.165, 1.54) is 0 Å². The van der Waals surface area contributed by atoms with E-state index < -0.39 is 11.4 Å². The predicted octanol–water partition coefficient (Wildman–Crippen LogP) is 2.92. The minimum absolute atomic E-state index is 0. The zero-order chi connectivity index (χ0) is 9.99. The van der Waals surface area contributed by atoms with Crippen LogP contribution in [0, 0.1) is 10.8 Å². The van der Waals surface area contributed by atoms with Crippen LogP contribution in [0.1, 0.15) is 47.5 Å². The normalized spacial score (nSPS) is 15.8. The summed E-state index contributed by atoms with van der Waals surface area (Å²) in [7, 11) is 0. The maximum absolute atomic E-state index is 10.9. The molecule has 0 aliphatic heterocycles. The molecule has 0 spiro atoms. The minimum atomic E-state index is -0.681. The van der Waals surface area contributed by atoms with Gasteiger partial charge in [0.15, 0.2) is 0 Å². The van der Waals surface area contributed by atoms with E-state index in [9.17, 15) is 4.79 Å². The van der Waals surface area contributed by atoms with Crippen LogP contribution >= 0.6 is 0 Å². The van der Waals surface area contributed by atoms with Crippen molar-refractivity contribution in [2.75, 3.05) is 0 Å². The molecule has 1 radical (unpaired) electrons. The van der Waals surface area contributed by atoms with Crippen LogP contribution < -0.4 is 0 Å². The van der Waals surface area contributed by atoms with E-state index in [2.05, 4.69) is 20.8 Å². The molecule has 0 rings (SSSR count). The van der Waals surface area contributed by atoms with Crippen LogP contribution in [-0.4, -0.2) is 11.1 Å². The summed E-state index contributed by atoms with van der Waals surface area (Å²) in [5.74, 6) is -0.681. The summed E-state index contributed by atoms with van der Waals surface area (Å²) < 4.78 is 0. The second-order valence-electron chi connectivity index (χ2n) is 4.96. The van der Waals surface area contributed by atoms with Crippen molar-refractivity contribution in [3.63, 3.8) is 0 Å². The van der Waals surface area contributed by atoms with E-state index in [4.69, 9.17) is 5.11 Å². The van der Waals surface area contributed by atoms with Crippen LogP contribution in [-0.2, 0) is 37.5 Å². The van der Waals surface area contributed by atoms with Gasteiger partial charge in [0.05, 0.1) is 5.41 Å². The fourth-order valence-electron chi connectivity index (χ4n) is 1.52. The maximum Gasteiger partial charge on any atom is 0.309 e. The fraction of sp³-hybridized carbons (Fsp3) is 0.900. The van der Waals surface area contributed by atoms with Gasteiger partial charge in [0.25, 0.3) is 0 Å². The molecule has 1 N–H and O–H groups in total. The molecule has 2 nitrogen and oxygen atoms in total. The number of aliphatic carboxylic acids is 1. The summed E-state index contributed by atoms with van der Waals surface area (Å²) in [5.41, 5.74) is -0.471. The summed E-state index contributed by atoms with van der Waals surface area (Å²) in [5, 5.41) is 9.00. The topological polar surface area (TPSA) is 37.3 Å². The summed E-state index contributed by atoms with van der Waals surface area (Å²) in [6, 6.07) is 0. The van der Waals surface area contributed by atoms with Crippen LogP contribution in [0.4, 0.5) is 0 Å². The van der Waals surface area contributed by atoms with Gasteiger partial charge in [-0.05, 0) is 25.2 Å². The third-order valence-corrected chi connectivity index (χ3v) is 2.22. The molecule has 0 bridgehead atoms. The molecule has 0 aromatic rings. The van der Waals surface area contributed by atoms with Gasteiger partial charge in [-0.25, -0.2) is 0 Å². The molecular weight excluding hydrogens is 241 g/mol. The van der Waals surface area contributed by atoms with Crippen molar-refractivity contribution >= 4 is 5.97 Å². The van der Waals surface area contributed by atoms with Gasteiger partial charge in [0.2, 0.25) is 0 Å². The summed E-state index contributed by atoms with van der Waals surface area (Å²) >= 11 is 0. The maximum atomic E-state index is 10.9. The van der Waals surface area contributed by atoms with Crippen LogP contribution in [0.2, 0.25) is 0 Å². The number of carbonyl (C=O) groups is 1. The number of carboxylic acids is 1. The van der Waals surface area contributed by atoms with Crippen LogP contribution in [0.15, 0.2) is 0 Å². The molecule has 0 aliphatic rings. The zero-order valence-electron chi connectivity index (χ0n) is 9.35. The van der Waals surface area contributed by atoms with Gasteiger partial charge >= 0.3 is 5.97 Å². The number of rotatable bonds is 3. The van der Waals surface area contributed by atoms with Crippen molar-refractivity contribution in [3.05, 3.63) is 0 Å². The molecule has 0 aliphatic carbocycles. The standard InChI is InChI=1S/C10H20O2.Y/c1-6-10(5,8(11)12)7-9(2,3)4;/h6-7H2,1-5H3,(H,11,12);. The van der Waals surface area contributed by atoms with E-state index in [0.717, 1.165) is 6.42 Å². The number of hydrogen-bond acceptors (Lipinski definition) is 1. The molecule has 13 heavy (non-hydrogen) atoms. The fourth-order valence-corrected chi connectivity index (χ4v) is 1.52. The third kappa shape index (κ3) is 5.80. The Morgan fingerprint density at radius 1 is 1.23 bits per heavy atom. The smallest absolute Gasteiger partial charge is 0.309 e. The first-order chi connectivity index (χ1) is 5.21. The molecule has 3 heteroatoms. The Balaban J connectivity index is 0. The van der Waals surface area contributed by atoms with Gasteiger partial charge in [-0.15, -0.1) is 0 Å². The summed E-state index contributed by atoms with van der Waals surface area (Å²) in [6.45, 7) is 9.97. The van der Waals surface area contributed by atoms with Gasteiger partial charge in [-0.2, -0.15) is 0 Å². The Labute approximate surface area is 106 Å². The Hall–Kier alpha value is 0.574. The molecule has 1 atom stereocenters. The molecule has 0 fully saturated rings. The SMILES string of the molecule is CCC(C)(CC(C)(C)C)C(=O)O.[Y]. The predicted molar refractivity (Wildman–Crippen MR) is 50.1 cm³/mol. The Bertz CT molecular complexity index is 172.